The first-order valence-electron chi connectivity index (χ1n) is 25.8. The molecular formula is C54H80N6O11S. The number of nitrogens with zero attached hydrogens (tertiary/aromatic N) is 3. The molecule has 0 saturated carbocycles. The Kier molecular flexibility index (Phi) is 25.0. The van der Waals surface area contributed by atoms with Crippen LogP contribution in [-0.2, 0) is 55.9 Å². The SMILES string of the molecule is CC[C@H](C)[C@H](CC(=O)[C@H]1CCCCN1C)C(=O)N(COC)[C@H](C[C@@H](OC)c1nc(C(=O)N[C@@H](Cc2ccc(CC(=O)[C@H](CCCCN)NC(=O)CCCCCC3C(=O)C=CC3=O)cc2)C(=O)O)cs1)C(C)C. The Hall–Kier alpha value is -5.01. The summed E-state index contributed by atoms with van der Waals surface area (Å²) < 4.78 is 11.6. The first kappa shape index (κ1) is 59.6. The zero-order valence-corrected chi connectivity index (χ0v) is 44.3. The standard InChI is InChI=1S/C54H80N6O11S/c1-8-35(4)39(30-48(64)43-18-13-15-27-59(43)5)53(67)60(33-70-6)44(34(2)3)31-49(71-7)52-58-42(32-72-52)51(66)57-41(54(68)69)28-36-20-22-37(23-21-36)29-47(63)40(17-12-14-26-55)56-50(65)19-11-9-10-16-38-45(61)24-25-46(38)62/h20-25,32,34-35,38-41,43-44,49H,8-19,26-31,33,55H2,1-7H3,(H,56,65)(H,57,66)(H,68,69)/t35-,39-,40-,41-,43+,44+,49+/m0/s1. The van der Waals surface area contributed by atoms with E-state index in [0.29, 0.717) is 74.0 Å². The molecule has 72 heavy (non-hydrogen) atoms. The average Bonchev–Trinajstić information content (AvgIpc) is 3.98. The van der Waals surface area contributed by atoms with E-state index >= 15 is 0 Å². The predicted octanol–water partition coefficient (Wildman–Crippen LogP) is 6.21. The summed E-state index contributed by atoms with van der Waals surface area (Å²) in [5, 5.41) is 17.7. The van der Waals surface area contributed by atoms with Gasteiger partial charge in [0.15, 0.2) is 23.1 Å². The number of ketones is 4. The van der Waals surface area contributed by atoms with Gasteiger partial charge in [0.05, 0.1) is 18.0 Å². The quantitative estimate of drug-likeness (QED) is 0.0353. The van der Waals surface area contributed by atoms with Crippen LogP contribution in [0.4, 0.5) is 0 Å². The molecule has 1 aromatic heterocycles. The number of benzene rings is 1. The molecule has 1 fully saturated rings. The number of Topliss-reactive ketones (excluding diaryl/α,β-unsaturated/α-hetero) is 2. The molecule has 17 nitrogen and oxygen atoms in total. The van der Waals surface area contributed by atoms with Crippen LogP contribution in [0.15, 0.2) is 41.8 Å². The lowest BCUT2D eigenvalue weighted by atomic mass is 9.82. The van der Waals surface area contributed by atoms with Crippen molar-refractivity contribution in [3.05, 3.63) is 63.6 Å². The fourth-order valence-corrected chi connectivity index (χ4v) is 10.5. The van der Waals surface area contributed by atoms with E-state index in [2.05, 4.69) is 20.5 Å². The molecular weight excluding hydrogens is 941 g/mol. The molecule has 0 radical (unpaired) electrons. The first-order valence-corrected chi connectivity index (χ1v) is 26.7. The zero-order chi connectivity index (χ0) is 52.9. The number of ether oxygens (including phenoxy) is 2. The van der Waals surface area contributed by atoms with Crippen molar-refractivity contribution >= 4 is 58.2 Å². The number of hydrogen-bond donors (Lipinski definition) is 4. The summed E-state index contributed by atoms with van der Waals surface area (Å²) in [5.41, 5.74) is 7.00. The lowest BCUT2D eigenvalue weighted by molar-refractivity contribution is -0.150. The number of amides is 3. The van der Waals surface area contributed by atoms with Gasteiger partial charge in [-0.25, -0.2) is 9.78 Å². The van der Waals surface area contributed by atoms with Gasteiger partial charge in [0.25, 0.3) is 5.91 Å². The molecule has 398 valence electrons. The molecule has 5 N–H and O–H groups in total. The van der Waals surface area contributed by atoms with Gasteiger partial charge in [-0.15, -0.1) is 11.3 Å². The van der Waals surface area contributed by atoms with Gasteiger partial charge in [-0.1, -0.05) is 77.6 Å². The number of unbranched alkanes of at least 4 members (excludes halogenated alkanes) is 3. The van der Waals surface area contributed by atoms with Gasteiger partial charge >= 0.3 is 5.97 Å². The number of nitrogens with two attached hydrogens (primary N) is 1. The summed E-state index contributed by atoms with van der Waals surface area (Å²) in [7, 11) is 5.04. The topological polar surface area (TPSA) is 245 Å². The third-order valence-electron chi connectivity index (χ3n) is 14.3. The molecule has 2 aliphatic rings. The lowest BCUT2D eigenvalue weighted by Crippen LogP contribution is -2.50. The van der Waals surface area contributed by atoms with Crippen LogP contribution in [0.25, 0.3) is 0 Å². The van der Waals surface area contributed by atoms with E-state index in [1.807, 2.05) is 34.7 Å². The summed E-state index contributed by atoms with van der Waals surface area (Å²) in [6.07, 6.45) is 10.3. The number of carboxylic acid groups (broad SMARTS) is 1. The number of nitrogens with one attached hydrogen (secondary N) is 2. The average molecular weight is 1020 g/mol. The van der Waals surface area contributed by atoms with Crippen molar-refractivity contribution in [3.63, 3.8) is 0 Å². The number of likely N-dealkylation sites (N-methyl/N-ethyl adjacent to an activating group) is 1. The highest BCUT2D eigenvalue weighted by atomic mass is 32.1. The van der Waals surface area contributed by atoms with Crippen LogP contribution in [0.3, 0.4) is 0 Å². The second-order valence-corrected chi connectivity index (χ2v) is 20.8. The predicted molar refractivity (Wildman–Crippen MR) is 275 cm³/mol. The smallest absolute Gasteiger partial charge is 0.326 e. The minimum atomic E-state index is -1.30. The maximum atomic E-state index is 14.6. The van der Waals surface area contributed by atoms with Crippen LogP contribution in [0.1, 0.15) is 150 Å². The summed E-state index contributed by atoms with van der Waals surface area (Å²) in [4.78, 5) is 113. The third-order valence-corrected chi connectivity index (χ3v) is 15.3. The van der Waals surface area contributed by atoms with Crippen molar-refractivity contribution in [3.8, 4) is 0 Å². The maximum Gasteiger partial charge on any atom is 0.326 e. The van der Waals surface area contributed by atoms with E-state index in [0.717, 1.165) is 32.2 Å². The number of allylic oxidation sites excluding steroid dienone is 2. The van der Waals surface area contributed by atoms with Crippen LogP contribution in [-0.4, -0.2) is 132 Å². The number of thiazole rings is 1. The minimum absolute atomic E-state index is 0.0146. The fourth-order valence-electron chi connectivity index (χ4n) is 9.63. The summed E-state index contributed by atoms with van der Waals surface area (Å²) in [6, 6.07) is 4.28. The number of hydrogen-bond acceptors (Lipinski definition) is 14. The molecule has 1 aliphatic heterocycles. The van der Waals surface area contributed by atoms with Crippen molar-refractivity contribution in [1.82, 2.24) is 25.4 Å². The molecule has 0 unspecified atom stereocenters. The number of aliphatic carboxylic acids is 1. The Balaban J connectivity index is 1.36. The van der Waals surface area contributed by atoms with E-state index in [9.17, 15) is 43.5 Å². The van der Waals surface area contributed by atoms with Crippen LogP contribution < -0.4 is 16.4 Å². The summed E-state index contributed by atoms with van der Waals surface area (Å²) in [5.74, 6) is -3.99. The highest BCUT2D eigenvalue weighted by Crippen LogP contribution is 2.33. The van der Waals surface area contributed by atoms with Crippen LogP contribution in [0.5, 0.6) is 0 Å². The van der Waals surface area contributed by atoms with Crippen LogP contribution >= 0.6 is 11.3 Å². The number of methoxy groups -OCH3 is 2. The number of rotatable bonds is 33. The minimum Gasteiger partial charge on any atom is -0.480 e. The van der Waals surface area contributed by atoms with Gasteiger partial charge in [0.2, 0.25) is 11.8 Å². The molecule has 2 heterocycles. The maximum absolute atomic E-state index is 14.6. The van der Waals surface area contributed by atoms with Gasteiger partial charge < -0.3 is 35.8 Å². The Bertz CT molecular complexity index is 2140. The molecule has 1 saturated heterocycles. The van der Waals surface area contributed by atoms with Gasteiger partial charge in [-0.3, -0.25) is 38.5 Å². The lowest BCUT2D eigenvalue weighted by Gasteiger charge is -2.39. The molecule has 0 bridgehead atoms. The van der Waals surface area contributed by atoms with Crippen LogP contribution in [0.2, 0.25) is 0 Å². The van der Waals surface area contributed by atoms with E-state index in [1.165, 1.54) is 37.7 Å². The van der Waals surface area contributed by atoms with Crippen molar-refractivity contribution in [1.29, 1.82) is 0 Å². The molecule has 3 amide bonds. The Morgan fingerprint density at radius 1 is 0.931 bits per heavy atom. The highest BCUT2D eigenvalue weighted by Gasteiger charge is 2.39. The number of piperidine rings is 1. The number of carbonyl (C=O) groups is 8. The van der Waals surface area contributed by atoms with Gasteiger partial charge in [0, 0.05) is 63.7 Å². The monoisotopic (exact) mass is 1020 g/mol. The normalized spacial score (nSPS) is 17.8. The van der Waals surface area contributed by atoms with Crippen molar-refractivity contribution in [2.45, 2.75) is 161 Å². The molecule has 18 heteroatoms. The van der Waals surface area contributed by atoms with E-state index in [4.69, 9.17) is 15.2 Å². The fraction of sp³-hybridized carbons (Fsp3) is 0.648. The second-order valence-electron chi connectivity index (χ2n) is 19.9. The Morgan fingerprint density at radius 2 is 1.62 bits per heavy atom. The number of carboxylic acids is 1. The summed E-state index contributed by atoms with van der Waals surface area (Å²) >= 11 is 1.20. The Morgan fingerprint density at radius 3 is 2.24 bits per heavy atom. The van der Waals surface area contributed by atoms with E-state index in [1.54, 1.807) is 34.5 Å². The zero-order valence-electron chi connectivity index (χ0n) is 43.5. The highest BCUT2D eigenvalue weighted by molar-refractivity contribution is 7.09. The Labute approximate surface area is 429 Å². The molecule has 7 atom stereocenters. The third kappa shape index (κ3) is 17.9. The van der Waals surface area contributed by atoms with Crippen molar-refractivity contribution in [2.75, 3.05) is 41.1 Å². The van der Waals surface area contributed by atoms with Gasteiger partial charge in [0.1, 0.15) is 29.6 Å². The largest absolute Gasteiger partial charge is 0.480 e. The number of likely N-dealkylation sites (tertiary alicyclic amines) is 1. The molecule has 2 aromatic rings. The van der Waals surface area contributed by atoms with E-state index < -0.39 is 41.9 Å². The van der Waals surface area contributed by atoms with Crippen molar-refractivity contribution < 1.29 is 52.9 Å². The molecule has 1 aromatic carbocycles. The number of carbonyl (C=O) groups excluding carboxylic acids is 7. The van der Waals surface area contributed by atoms with E-state index in [-0.39, 0.29) is 97.0 Å². The second kappa shape index (κ2) is 30.2. The molecule has 1 aliphatic carbocycles. The van der Waals surface area contributed by atoms with Gasteiger partial charge in [-0.2, -0.15) is 0 Å². The number of aromatic nitrogens is 1. The van der Waals surface area contributed by atoms with Crippen molar-refractivity contribution in [2.24, 2.45) is 29.4 Å². The van der Waals surface area contributed by atoms with Gasteiger partial charge in [-0.05, 0) is 100 Å². The molecule has 0 spiro atoms. The van der Waals surface area contributed by atoms with Crippen LogP contribution in [0, 0.1) is 23.7 Å². The molecule has 4 rings (SSSR count). The first-order chi connectivity index (χ1) is 34.4. The summed E-state index contributed by atoms with van der Waals surface area (Å²) in [6.45, 7) is 9.39.